The first-order valence-corrected chi connectivity index (χ1v) is 7.93. The standard InChI is InChI=1S/C15H31N3O2/c1-4-6-16-14(15(19)20)5-7-17-8-10-18(11-9-17)12-13(2)3/h13-14,16H,4-12H2,1-3H3,(H,19,20). The fourth-order valence-corrected chi connectivity index (χ4v) is 2.65. The van der Waals surface area contributed by atoms with Crippen molar-refractivity contribution in [3.05, 3.63) is 0 Å². The van der Waals surface area contributed by atoms with E-state index in [-0.39, 0.29) is 0 Å². The van der Waals surface area contributed by atoms with Crippen LogP contribution in [0.4, 0.5) is 0 Å². The van der Waals surface area contributed by atoms with E-state index in [0.717, 1.165) is 51.6 Å². The normalized spacial score (nSPS) is 19.4. The zero-order valence-electron chi connectivity index (χ0n) is 13.3. The van der Waals surface area contributed by atoms with Gasteiger partial charge in [0.2, 0.25) is 0 Å². The Morgan fingerprint density at radius 2 is 1.80 bits per heavy atom. The Balaban J connectivity index is 2.23. The summed E-state index contributed by atoms with van der Waals surface area (Å²) >= 11 is 0. The third-order valence-corrected chi connectivity index (χ3v) is 3.76. The number of hydrogen-bond donors (Lipinski definition) is 2. The predicted octanol–water partition coefficient (Wildman–Crippen LogP) is 1.10. The molecule has 5 nitrogen and oxygen atoms in total. The molecular formula is C15H31N3O2. The van der Waals surface area contributed by atoms with Gasteiger partial charge >= 0.3 is 5.97 Å². The first-order valence-electron chi connectivity index (χ1n) is 7.93. The Labute approximate surface area is 123 Å². The first kappa shape index (κ1) is 17.4. The molecule has 2 N–H and O–H groups in total. The summed E-state index contributed by atoms with van der Waals surface area (Å²) in [6.45, 7) is 13.7. The van der Waals surface area contributed by atoms with Gasteiger partial charge in [0.05, 0.1) is 0 Å². The smallest absolute Gasteiger partial charge is 0.320 e. The average molecular weight is 285 g/mol. The average Bonchev–Trinajstić information content (AvgIpc) is 2.39. The monoisotopic (exact) mass is 285 g/mol. The van der Waals surface area contributed by atoms with Crippen molar-refractivity contribution in [2.24, 2.45) is 5.92 Å². The van der Waals surface area contributed by atoms with Crippen molar-refractivity contribution in [1.82, 2.24) is 15.1 Å². The second kappa shape index (κ2) is 9.32. The van der Waals surface area contributed by atoms with E-state index in [4.69, 9.17) is 0 Å². The van der Waals surface area contributed by atoms with Crippen molar-refractivity contribution >= 4 is 5.97 Å². The molecule has 0 aromatic rings. The summed E-state index contributed by atoms with van der Waals surface area (Å²) in [6.07, 6.45) is 1.66. The van der Waals surface area contributed by atoms with Crippen molar-refractivity contribution < 1.29 is 9.90 Å². The van der Waals surface area contributed by atoms with Crippen LogP contribution in [0.25, 0.3) is 0 Å². The largest absolute Gasteiger partial charge is 0.480 e. The first-order chi connectivity index (χ1) is 9.52. The van der Waals surface area contributed by atoms with Crippen LogP contribution in [-0.2, 0) is 4.79 Å². The molecule has 5 heteroatoms. The summed E-state index contributed by atoms with van der Waals surface area (Å²) in [4.78, 5) is 16.1. The van der Waals surface area contributed by atoms with Gasteiger partial charge in [-0.25, -0.2) is 0 Å². The van der Waals surface area contributed by atoms with Gasteiger partial charge in [0.15, 0.2) is 0 Å². The summed E-state index contributed by atoms with van der Waals surface area (Å²) in [5.74, 6) is -0.00641. The number of aliphatic carboxylic acids is 1. The van der Waals surface area contributed by atoms with Crippen LogP contribution < -0.4 is 5.32 Å². The number of piperazine rings is 1. The summed E-state index contributed by atoms with van der Waals surface area (Å²) < 4.78 is 0. The minimum absolute atomic E-state index is 0.399. The Morgan fingerprint density at radius 3 is 2.30 bits per heavy atom. The molecule has 1 aliphatic rings. The SMILES string of the molecule is CCCNC(CCN1CCN(CC(C)C)CC1)C(=O)O. The molecule has 0 bridgehead atoms. The van der Waals surface area contributed by atoms with E-state index in [0.29, 0.717) is 6.42 Å². The Kier molecular flexibility index (Phi) is 8.11. The van der Waals surface area contributed by atoms with E-state index in [1.807, 2.05) is 0 Å². The number of nitrogens with zero attached hydrogens (tertiary/aromatic N) is 2. The zero-order valence-corrected chi connectivity index (χ0v) is 13.3. The third-order valence-electron chi connectivity index (χ3n) is 3.76. The van der Waals surface area contributed by atoms with Crippen molar-refractivity contribution in [2.75, 3.05) is 45.8 Å². The van der Waals surface area contributed by atoms with Crippen LogP contribution in [0.2, 0.25) is 0 Å². The third kappa shape index (κ3) is 6.68. The number of nitrogens with one attached hydrogen (secondary N) is 1. The van der Waals surface area contributed by atoms with Crippen LogP contribution in [-0.4, -0.2) is 72.7 Å². The van der Waals surface area contributed by atoms with E-state index >= 15 is 0 Å². The lowest BCUT2D eigenvalue weighted by Crippen LogP contribution is -2.49. The second-order valence-corrected chi connectivity index (χ2v) is 6.17. The molecule has 118 valence electrons. The van der Waals surface area contributed by atoms with Gasteiger partial charge in [0.25, 0.3) is 0 Å². The number of hydrogen-bond acceptors (Lipinski definition) is 4. The Hall–Kier alpha value is -0.650. The van der Waals surface area contributed by atoms with Gasteiger partial charge in [-0.1, -0.05) is 20.8 Å². The molecule has 0 radical (unpaired) electrons. The second-order valence-electron chi connectivity index (χ2n) is 6.17. The number of carbonyl (C=O) groups is 1. The highest BCUT2D eigenvalue weighted by molar-refractivity contribution is 5.73. The van der Waals surface area contributed by atoms with Gasteiger partial charge in [-0.15, -0.1) is 0 Å². The molecule has 0 aromatic carbocycles. The molecule has 1 aliphatic heterocycles. The van der Waals surface area contributed by atoms with Crippen LogP contribution in [0.3, 0.4) is 0 Å². The maximum absolute atomic E-state index is 11.2. The lowest BCUT2D eigenvalue weighted by Gasteiger charge is -2.35. The number of carboxylic acid groups (broad SMARTS) is 1. The highest BCUT2D eigenvalue weighted by Gasteiger charge is 2.21. The van der Waals surface area contributed by atoms with Crippen LogP contribution in [0.5, 0.6) is 0 Å². The summed E-state index contributed by atoms with van der Waals surface area (Å²) in [5, 5.41) is 12.3. The van der Waals surface area contributed by atoms with E-state index in [2.05, 4.69) is 35.9 Å². The van der Waals surface area contributed by atoms with E-state index in [1.54, 1.807) is 0 Å². The molecule has 0 spiro atoms. The van der Waals surface area contributed by atoms with E-state index < -0.39 is 12.0 Å². The van der Waals surface area contributed by atoms with Gasteiger partial charge in [-0.2, -0.15) is 0 Å². The van der Waals surface area contributed by atoms with Crippen molar-refractivity contribution in [3.63, 3.8) is 0 Å². The lowest BCUT2D eigenvalue weighted by molar-refractivity contribution is -0.139. The molecule has 1 unspecified atom stereocenters. The number of carboxylic acids is 1. The van der Waals surface area contributed by atoms with Crippen molar-refractivity contribution in [2.45, 2.75) is 39.7 Å². The van der Waals surface area contributed by atoms with Crippen molar-refractivity contribution in [3.8, 4) is 0 Å². The summed E-state index contributed by atoms with van der Waals surface area (Å²) in [6, 6.07) is -0.399. The van der Waals surface area contributed by atoms with E-state index in [1.165, 1.54) is 6.54 Å². The predicted molar refractivity (Wildman–Crippen MR) is 82.1 cm³/mol. The Bertz CT molecular complexity index is 276. The molecule has 0 aliphatic carbocycles. The summed E-state index contributed by atoms with van der Waals surface area (Å²) in [5.41, 5.74) is 0. The van der Waals surface area contributed by atoms with Crippen LogP contribution in [0.1, 0.15) is 33.6 Å². The molecule has 1 heterocycles. The lowest BCUT2D eigenvalue weighted by atomic mass is 10.1. The zero-order chi connectivity index (χ0) is 15.0. The minimum atomic E-state index is -0.725. The molecule has 0 amide bonds. The fraction of sp³-hybridized carbons (Fsp3) is 0.933. The molecule has 1 saturated heterocycles. The van der Waals surface area contributed by atoms with Crippen LogP contribution >= 0.6 is 0 Å². The molecule has 1 fully saturated rings. The maximum atomic E-state index is 11.2. The van der Waals surface area contributed by atoms with Gasteiger partial charge in [-0.05, 0) is 25.3 Å². The molecule has 0 aromatic heterocycles. The summed E-state index contributed by atoms with van der Waals surface area (Å²) in [7, 11) is 0. The Morgan fingerprint density at radius 1 is 1.20 bits per heavy atom. The fourth-order valence-electron chi connectivity index (χ4n) is 2.65. The van der Waals surface area contributed by atoms with Gasteiger partial charge < -0.3 is 20.2 Å². The topological polar surface area (TPSA) is 55.8 Å². The quantitative estimate of drug-likeness (QED) is 0.664. The molecular weight excluding hydrogens is 254 g/mol. The van der Waals surface area contributed by atoms with Gasteiger partial charge in [0.1, 0.15) is 6.04 Å². The maximum Gasteiger partial charge on any atom is 0.320 e. The highest BCUT2D eigenvalue weighted by atomic mass is 16.4. The molecule has 0 saturated carbocycles. The van der Waals surface area contributed by atoms with Gasteiger partial charge in [-0.3, -0.25) is 4.79 Å². The van der Waals surface area contributed by atoms with Gasteiger partial charge in [0, 0.05) is 39.3 Å². The van der Waals surface area contributed by atoms with E-state index in [9.17, 15) is 9.90 Å². The highest BCUT2D eigenvalue weighted by Crippen LogP contribution is 2.06. The molecule has 1 rings (SSSR count). The minimum Gasteiger partial charge on any atom is -0.480 e. The molecule has 1 atom stereocenters. The van der Waals surface area contributed by atoms with Crippen LogP contribution in [0.15, 0.2) is 0 Å². The van der Waals surface area contributed by atoms with Crippen LogP contribution in [0, 0.1) is 5.92 Å². The molecule has 20 heavy (non-hydrogen) atoms. The van der Waals surface area contributed by atoms with Crippen molar-refractivity contribution in [1.29, 1.82) is 0 Å². The number of rotatable bonds is 9.